The summed E-state index contributed by atoms with van der Waals surface area (Å²) in [7, 11) is 0. The fraction of sp³-hybridized carbons (Fsp3) is 0.476. The van der Waals surface area contributed by atoms with E-state index in [1.807, 2.05) is 26.8 Å². The maximum atomic E-state index is 13.2. The van der Waals surface area contributed by atoms with E-state index in [0.29, 0.717) is 11.6 Å². The number of halogens is 2. The van der Waals surface area contributed by atoms with Gasteiger partial charge in [0.2, 0.25) is 5.75 Å². The summed E-state index contributed by atoms with van der Waals surface area (Å²) in [5.74, 6) is -0.567. The van der Waals surface area contributed by atoms with Crippen LogP contribution in [-0.2, 0) is 6.42 Å². The molecule has 2 rings (SSSR count). The molecule has 0 fully saturated rings. The maximum absolute atomic E-state index is 13.2. The number of rotatable bonds is 10. The molecule has 0 spiro atoms. The lowest BCUT2D eigenvalue weighted by atomic mass is 10.1. The van der Waals surface area contributed by atoms with Gasteiger partial charge in [0.1, 0.15) is 5.82 Å². The van der Waals surface area contributed by atoms with Crippen LogP contribution in [0.2, 0.25) is 5.02 Å². The average molecular weight is 501 g/mol. The smallest absolute Gasteiger partial charge is 0.276 e. The van der Waals surface area contributed by atoms with Crippen molar-refractivity contribution >= 4 is 33.4 Å². The molecule has 0 bridgehead atoms. The van der Waals surface area contributed by atoms with Gasteiger partial charge in [-0.3, -0.25) is 4.79 Å². The van der Waals surface area contributed by atoms with Crippen molar-refractivity contribution in [1.29, 1.82) is 0 Å². The lowest BCUT2D eigenvalue weighted by Crippen LogP contribution is -2.39. The molecule has 1 amide bonds. The summed E-state index contributed by atoms with van der Waals surface area (Å²) in [6.07, 6.45) is 1.94. The standard InChI is InChI=1S/C21H27BrClN3O4/c1-4-5-10-30-19-18(21(29)26(8-9-27)13(2)3)24-17(25-20(19)28)11-14-6-7-15(23)12-16(14)22/h6-7,12-13,27H,4-5,8-11H2,1-3H3,(H,24,25,28). The van der Waals surface area contributed by atoms with Gasteiger partial charge in [0.05, 0.1) is 13.2 Å². The van der Waals surface area contributed by atoms with Crippen molar-refractivity contribution in [3.05, 3.63) is 44.8 Å². The van der Waals surface area contributed by atoms with Crippen LogP contribution in [0.1, 0.15) is 55.5 Å². The summed E-state index contributed by atoms with van der Waals surface area (Å²) in [5, 5.41) is 20.5. The minimum Gasteiger partial charge on any atom is -0.491 e. The third-order valence-corrected chi connectivity index (χ3v) is 5.40. The predicted octanol–water partition coefficient (Wildman–Crippen LogP) is 4.21. The predicted molar refractivity (Wildman–Crippen MR) is 119 cm³/mol. The number of aromatic hydroxyl groups is 1. The van der Waals surface area contributed by atoms with E-state index < -0.39 is 5.91 Å². The van der Waals surface area contributed by atoms with Gasteiger partial charge < -0.3 is 19.8 Å². The summed E-state index contributed by atoms with van der Waals surface area (Å²) in [5.41, 5.74) is 0.841. The van der Waals surface area contributed by atoms with Crippen molar-refractivity contribution in [2.24, 2.45) is 0 Å². The van der Waals surface area contributed by atoms with Crippen LogP contribution in [0, 0.1) is 0 Å². The van der Waals surface area contributed by atoms with Crippen molar-refractivity contribution in [3.8, 4) is 11.6 Å². The molecule has 0 saturated heterocycles. The van der Waals surface area contributed by atoms with Gasteiger partial charge in [-0.2, -0.15) is 4.98 Å². The van der Waals surface area contributed by atoms with E-state index >= 15 is 0 Å². The van der Waals surface area contributed by atoms with Gasteiger partial charge in [0.15, 0.2) is 5.69 Å². The van der Waals surface area contributed by atoms with Crippen molar-refractivity contribution in [2.45, 2.75) is 46.1 Å². The highest BCUT2D eigenvalue weighted by atomic mass is 79.9. The molecule has 1 heterocycles. The van der Waals surface area contributed by atoms with Crippen LogP contribution in [0.3, 0.4) is 0 Å². The first-order valence-electron chi connectivity index (χ1n) is 9.86. The second-order valence-corrected chi connectivity index (χ2v) is 8.36. The normalized spacial score (nSPS) is 11.0. The molecule has 7 nitrogen and oxygen atoms in total. The Hall–Kier alpha value is -1.90. The third-order valence-electron chi connectivity index (χ3n) is 4.43. The Balaban J connectivity index is 2.47. The Morgan fingerprint density at radius 2 is 2.07 bits per heavy atom. The minimum absolute atomic E-state index is 0.0131. The van der Waals surface area contributed by atoms with Gasteiger partial charge in [0.25, 0.3) is 11.8 Å². The van der Waals surface area contributed by atoms with E-state index in [9.17, 15) is 15.0 Å². The molecule has 0 aliphatic rings. The molecule has 30 heavy (non-hydrogen) atoms. The summed E-state index contributed by atoms with van der Waals surface area (Å²) in [6, 6.07) is 5.16. The second-order valence-electron chi connectivity index (χ2n) is 7.07. The van der Waals surface area contributed by atoms with E-state index in [4.69, 9.17) is 16.3 Å². The van der Waals surface area contributed by atoms with Crippen LogP contribution in [0.5, 0.6) is 11.6 Å². The van der Waals surface area contributed by atoms with Gasteiger partial charge in [-0.15, -0.1) is 0 Å². The Morgan fingerprint density at radius 1 is 1.33 bits per heavy atom. The van der Waals surface area contributed by atoms with Crippen LogP contribution < -0.4 is 4.74 Å². The molecule has 1 aromatic heterocycles. The number of hydrogen-bond donors (Lipinski definition) is 2. The first kappa shape index (κ1) is 24.4. The highest BCUT2D eigenvalue weighted by molar-refractivity contribution is 9.10. The summed E-state index contributed by atoms with van der Waals surface area (Å²) in [4.78, 5) is 23.3. The van der Waals surface area contributed by atoms with Crippen molar-refractivity contribution in [3.63, 3.8) is 0 Å². The Bertz CT molecular complexity index is 880. The molecule has 0 unspecified atom stereocenters. The average Bonchev–Trinajstić information content (AvgIpc) is 2.69. The SMILES string of the molecule is CCCCOc1c(O)nc(Cc2ccc(Cl)cc2Br)nc1C(=O)N(CCO)C(C)C. The summed E-state index contributed by atoms with van der Waals surface area (Å²) >= 11 is 9.46. The van der Waals surface area contributed by atoms with E-state index in [2.05, 4.69) is 25.9 Å². The number of ether oxygens (including phenoxy) is 1. The summed E-state index contributed by atoms with van der Waals surface area (Å²) < 4.78 is 6.45. The highest BCUT2D eigenvalue weighted by Crippen LogP contribution is 2.30. The molecule has 0 atom stereocenters. The van der Waals surface area contributed by atoms with Crippen molar-refractivity contribution in [2.75, 3.05) is 19.8 Å². The van der Waals surface area contributed by atoms with Crippen LogP contribution in [0.15, 0.2) is 22.7 Å². The zero-order valence-electron chi connectivity index (χ0n) is 17.4. The van der Waals surface area contributed by atoms with E-state index in [-0.39, 0.29) is 48.8 Å². The molecule has 2 N–H and O–H groups in total. The van der Waals surface area contributed by atoms with Crippen LogP contribution >= 0.6 is 27.5 Å². The number of carbonyl (C=O) groups is 1. The molecule has 0 saturated carbocycles. The zero-order valence-corrected chi connectivity index (χ0v) is 19.7. The molecular formula is C21H27BrClN3O4. The van der Waals surface area contributed by atoms with E-state index in [0.717, 1.165) is 22.9 Å². The zero-order chi connectivity index (χ0) is 22.3. The number of amides is 1. The number of benzene rings is 1. The minimum atomic E-state index is -0.431. The summed E-state index contributed by atoms with van der Waals surface area (Å²) in [6.45, 7) is 6.00. The quantitative estimate of drug-likeness (QED) is 0.475. The number of carbonyl (C=O) groups excluding carboxylic acids is 1. The first-order valence-corrected chi connectivity index (χ1v) is 11.0. The fourth-order valence-electron chi connectivity index (χ4n) is 2.83. The fourth-order valence-corrected chi connectivity index (χ4v) is 3.66. The second kappa shape index (κ2) is 11.5. The molecular weight excluding hydrogens is 474 g/mol. The topological polar surface area (TPSA) is 95.8 Å². The number of aromatic nitrogens is 2. The molecule has 0 radical (unpaired) electrons. The lowest BCUT2D eigenvalue weighted by Gasteiger charge is -2.26. The van der Waals surface area contributed by atoms with Gasteiger partial charge in [-0.05, 0) is 38.0 Å². The van der Waals surface area contributed by atoms with Crippen LogP contribution in [0.4, 0.5) is 0 Å². The number of unbranched alkanes of at least 4 members (excludes halogenated alkanes) is 1. The van der Waals surface area contributed by atoms with Gasteiger partial charge in [0, 0.05) is 28.5 Å². The van der Waals surface area contributed by atoms with Crippen LogP contribution in [-0.4, -0.2) is 56.8 Å². The third kappa shape index (κ3) is 6.30. The van der Waals surface area contributed by atoms with Crippen LogP contribution in [0.25, 0.3) is 0 Å². The molecule has 164 valence electrons. The van der Waals surface area contributed by atoms with Crippen molar-refractivity contribution < 1.29 is 19.7 Å². The molecule has 0 aliphatic carbocycles. The Morgan fingerprint density at radius 3 is 2.67 bits per heavy atom. The lowest BCUT2D eigenvalue weighted by molar-refractivity contribution is 0.0652. The van der Waals surface area contributed by atoms with Gasteiger partial charge >= 0.3 is 0 Å². The Labute approximate surface area is 190 Å². The number of hydrogen-bond acceptors (Lipinski definition) is 6. The number of nitrogens with zero attached hydrogens (tertiary/aromatic N) is 3. The molecule has 0 aliphatic heterocycles. The van der Waals surface area contributed by atoms with E-state index in [1.165, 1.54) is 4.90 Å². The van der Waals surface area contributed by atoms with Gasteiger partial charge in [-0.25, -0.2) is 4.98 Å². The number of aliphatic hydroxyl groups excluding tert-OH is 1. The molecule has 9 heteroatoms. The monoisotopic (exact) mass is 499 g/mol. The highest BCUT2D eigenvalue weighted by Gasteiger charge is 2.27. The number of aliphatic hydroxyl groups is 1. The van der Waals surface area contributed by atoms with Gasteiger partial charge in [-0.1, -0.05) is 46.9 Å². The van der Waals surface area contributed by atoms with E-state index in [1.54, 1.807) is 12.1 Å². The first-order chi connectivity index (χ1) is 14.3. The van der Waals surface area contributed by atoms with Crippen molar-refractivity contribution in [1.82, 2.24) is 14.9 Å². The Kier molecular flexibility index (Phi) is 9.33. The molecule has 2 aromatic rings. The maximum Gasteiger partial charge on any atom is 0.276 e. The largest absolute Gasteiger partial charge is 0.491 e. The molecule has 1 aromatic carbocycles.